The lowest BCUT2D eigenvalue weighted by Crippen LogP contribution is -2.37. The van der Waals surface area contributed by atoms with Crippen molar-refractivity contribution in [2.45, 2.75) is 33.8 Å². The van der Waals surface area contributed by atoms with Crippen LogP contribution in [0.1, 0.15) is 37.0 Å². The van der Waals surface area contributed by atoms with Gasteiger partial charge in [0.1, 0.15) is 5.76 Å². The number of carbonyl (C=O) groups is 2. The van der Waals surface area contributed by atoms with Crippen molar-refractivity contribution in [2.75, 3.05) is 6.54 Å². The van der Waals surface area contributed by atoms with Gasteiger partial charge in [0.2, 0.25) is 5.89 Å². The molecule has 1 aromatic carbocycles. The number of amides is 1. The topological polar surface area (TPSA) is 81.4 Å². The zero-order valence-electron chi connectivity index (χ0n) is 14.3. The molecule has 0 bridgehead atoms. The average Bonchev–Trinajstić information content (AvgIpc) is 2.95. The van der Waals surface area contributed by atoms with Gasteiger partial charge in [0.25, 0.3) is 5.91 Å². The Morgan fingerprint density at radius 1 is 1.21 bits per heavy atom. The fraction of sp³-hybridized carbons (Fsp3) is 0.389. The number of aryl methyl sites for hydroxylation is 1. The monoisotopic (exact) mass is 330 g/mol. The highest BCUT2D eigenvalue weighted by Crippen LogP contribution is 2.22. The van der Waals surface area contributed by atoms with E-state index in [2.05, 4.69) is 10.3 Å². The molecule has 1 amide bonds. The maximum absolute atomic E-state index is 12.2. The first-order valence-corrected chi connectivity index (χ1v) is 7.90. The van der Waals surface area contributed by atoms with E-state index in [4.69, 9.17) is 9.15 Å². The van der Waals surface area contributed by atoms with Crippen LogP contribution in [0.5, 0.6) is 0 Å². The minimum Gasteiger partial charge on any atom is -0.448 e. The number of carbonyl (C=O) groups excluding carboxylic acids is 2. The van der Waals surface area contributed by atoms with Crippen molar-refractivity contribution in [3.63, 3.8) is 0 Å². The highest BCUT2D eigenvalue weighted by molar-refractivity contribution is 5.91. The molecule has 0 unspecified atom stereocenters. The SMILES string of the molecule is Cc1oc(-c2ccccc2)nc1C(=O)O[C@H](C)C(=O)NCC(C)C. The molecule has 1 N–H and O–H groups in total. The Morgan fingerprint density at radius 2 is 1.88 bits per heavy atom. The van der Waals surface area contributed by atoms with Gasteiger partial charge in [-0.25, -0.2) is 9.78 Å². The van der Waals surface area contributed by atoms with Gasteiger partial charge in [-0.2, -0.15) is 0 Å². The fourth-order valence-electron chi connectivity index (χ4n) is 2.01. The number of hydrogen-bond donors (Lipinski definition) is 1. The summed E-state index contributed by atoms with van der Waals surface area (Å²) in [6, 6.07) is 9.26. The Labute approximate surface area is 141 Å². The number of nitrogens with zero attached hydrogens (tertiary/aromatic N) is 1. The van der Waals surface area contributed by atoms with Crippen LogP contribution in [0.3, 0.4) is 0 Å². The molecule has 6 heteroatoms. The van der Waals surface area contributed by atoms with Crippen LogP contribution in [-0.4, -0.2) is 29.5 Å². The van der Waals surface area contributed by atoms with Gasteiger partial charge < -0.3 is 14.5 Å². The number of esters is 1. The molecule has 1 heterocycles. The molecule has 0 aliphatic carbocycles. The summed E-state index contributed by atoms with van der Waals surface area (Å²) >= 11 is 0. The summed E-state index contributed by atoms with van der Waals surface area (Å²) in [5, 5.41) is 2.72. The number of rotatable bonds is 6. The summed E-state index contributed by atoms with van der Waals surface area (Å²) in [4.78, 5) is 28.3. The minimum absolute atomic E-state index is 0.0809. The molecule has 1 atom stereocenters. The van der Waals surface area contributed by atoms with Gasteiger partial charge in [-0.3, -0.25) is 4.79 Å². The molecule has 0 spiro atoms. The van der Waals surface area contributed by atoms with Crippen LogP contribution in [0.15, 0.2) is 34.7 Å². The van der Waals surface area contributed by atoms with Gasteiger partial charge in [-0.1, -0.05) is 32.0 Å². The molecule has 0 saturated carbocycles. The van der Waals surface area contributed by atoms with E-state index in [1.165, 1.54) is 6.92 Å². The lowest BCUT2D eigenvalue weighted by atomic mass is 10.2. The van der Waals surface area contributed by atoms with Crippen molar-refractivity contribution in [3.05, 3.63) is 41.8 Å². The van der Waals surface area contributed by atoms with E-state index >= 15 is 0 Å². The highest BCUT2D eigenvalue weighted by Gasteiger charge is 2.24. The summed E-state index contributed by atoms with van der Waals surface area (Å²) in [7, 11) is 0. The molecule has 2 aromatic rings. The molecule has 1 aromatic heterocycles. The molecule has 0 aliphatic rings. The number of nitrogens with one attached hydrogen (secondary N) is 1. The molecular formula is C18H22N2O4. The Morgan fingerprint density at radius 3 is 2.50 bits per heavy atom. The normalized spacial score (nSPS) is 12.0. The molecule has 0 aliphatic heterocycles. The van der Waals surface area contributed by atoms with Gasteiger partial charge in [0, 0.05) is 12.1 Å². The smallest absolute Gasteiger partial charge is 0.361 e. The molecule has 24 heavy (non-hydrogen) atoms. The summed E-state index contributed by atoms with van der Waals surface area (Å²) in [6.07, 6.45) is -0.896. The predicted molar refractivity (Wildman–Crippen MR) is 89.4 cm³/mol. The van der Waals surface area contributed by atoms with E-state index in [1.54, 1.807) is 6.92 Å². The summed E-state index contributed by atoms with van der Waals surface area (Å²) < 4.78 is 10.7. The van der Waals surface area contributed by atoms with Gasteiger partial charge >= 0.3 is 5.97 Å². The number of hydrogen-bond acceptors (Lipinski definition) is 5. The van der Waals surface area contributed by atoms with Crippen LogP contribution in [0, 0.1) is 12.8 Å². The second-order valence-corrected chi connectivity index (χ2v) is 5.98. The first-order valence-electron chi connectivity index (χ1n) is 7.90. The molecule has 2 rings (SSSR count). The maximum atomic E-state index is 12.2. The van der Waals surface area contributed by atoms with Crippen LogP contribution in [0.25, 0.3) is 11.5 Å². The van der Waals surface area contributed by atoms with E-state index in [0.717, 1.165) is 5.56 Å². The minimum atomic E-state index is -0.896. The Kier molecular flexibility index (Phi) is 5.73. The van der Waals surface area contributed by atoms with Gasteiger partial charge in [0.05, 0.1) is 0 Å². The third-order valence-electron chi connectivity index (χ3n) is 3.35. The average molecular weight is 330 g/mol. The van der Waals surface area contributed by atoms with Crippen LogP contribution < -0.4 is 5.32 Å². The van der Waals surface area contributed by atoms with E-state index in [0.29, 0.717) is 24.1 Å². The van der Waals surface area contributed by atoms with Crippen LogP contribution in [-0.2, 0) is 9.53 Å². The molecule has 6 nitrogen and oxygen atoms in total. The molecule has 0 radical (unpaired) electrons. The number of ether oxygens (including phenoxy) is 1. The van der Waals surface area contributed by atoms with E-state index in [1.807, 2.05) is 44.2 Å². The van der Waals surface area contributed by atoms with Crippen molar-refractivity contribution in [1.29, 1.82) is 0 Å². The van der Waals surface area contributed by atoms with E-state index in [9.17, 15) is 9.59 Å². The number of aromatic nitrogens is 1. The second kappa shape index (κ2) is 7.77. The van der Waals surface area contributed by atoms with Gasteiger partial charge in [0.15, 0.2) is 11.8 Å². The third-order valence-corrected chi connectivity index (χ3v) is 3.35. The molecule has 0 saturated heterocycles. The standard InChI is InChI=1S/C18H22N2O4/c1-11(2)10-19-16(21)13(4)24-18(22)15-12(3)23-17(20-15)14-8-6-5-7-9-14/h5-9,11,13H,10H2,1-4H3,(H,19,21)/t13-/m1/s1. The Balaban J connectivity index is 2.05. The van der Waals surface area contributed by atoms with Crippen molar-refractivity contribution in [1.82, 2.24) is 10.3 Å². The summed E-state index contributed by atoms with van der Waals surface area (Å²) in [6.45, 7) is 7.67. The quantitative estimate of drug-likeness (QED) is 0.824. The fourth-order valence-corrected chi connectivity index (χ4v) is 2.01. The van der Waals surface area contributed by atoms with Crippen molar-refractivity contribution < 1.29 is 18.7 Å². The number of benzene rings is 1. The van der Waals surface area contributed by atoms with Crippen molar-refractivity contribution in [3.8, 4) is 11.5 Å². The summed E-state index contributed by atoms with van der Waals surface area (Å²) in [5.74, 6) is 0.0146. The second-order valence-electron chi connectivity index (χ2n) is 5.98. The van der Waals surface area contributed by atoms with Crippen LogP contribution in [0.2, 0.25) is 0 Å². The first-order chi connectivity index (χ1) is 11.4. The first kappa shape index (κ1) is 17.7. The van der Waals surface area contributed by atoms with E-state index in [-0.39, 0.29) is 11.6 Å². The van der Waals surface area contributed by atoms with Crippen molar-refractivity contribution in [2.24, 2.45) is 5.92 Å². The zero-order chi connectivity index (χ0) is 17.7. The molecular weight excluding hydrogens is 308 g/mol. The van der Waals surface area contributed by atoms with Crippen LogP contribution >= 0.6 is 0 Å². The largest absolute Gasteiger partial charge is 0.448 e. The summed E-state index contributed by atoms with van der Waals surface area (Å²) in [5.41, 5.74) is 0.847. The van der Waals surface area contributed by atoms with Gasteiger partial charge in [-0.15, -0.1) is 0 Å². The third kappa shape index (κ3) is 4.44. The zero-order valence-corrected chi connectivity index (χ0v) is 14.3. The van der Waals surface area contributed by atoms with Crippen molar-refractivity contribution >= 4 is 11.9 Å². The van der Waals surface area contributed by atoms with Crippen LogP contribution in [0.4, 0.5) is 0 Å². The highest BCUT2D eigenvalue weighted by atomic mass is 16.5. The molecule has 128 valence electrons. The number of oxazole rings is 1. The lowest BCUT2D eigenvalue weighted by molar-refractivity contribution is -0.129. The van der Waals surface area contributed by atoms with Gasteiger partial charge in [-0.05, 0) is 31.9 Å². The Bertz CT molecular complexity index is 707. The molecule has 0 fully saturated rings. The van der Waals surface area contributed by atoms with E-state index < -0.39 is 12.1 Å². The maximum Gasteiger partial charge on any atom is 0.361 e. The Hall–Kier alpha value is -2.63. The predicted octanol–water partition coefficient (Wildman–Crippen LogP) is 2.97. The lowest BCUT2D eigenvalue weighted by Gasteiger charge is -2.13.